The van der Waals surface area contributed by atoms with Crippen molar-refractivity contribution in [2.24, 2.45) is 0 Å². The molecule has 21 heavy (non-hydrogen) atoms. The van der Waals surface area contributed by atoms with E-state index in [2.05, 4.69) is 40.8 Å². The Morgan fingerprint density at radius 3 is 2.57 bits per heavy atom. The van der Waals surface area contributed by atoms with Gasteiger partial charge in [-0.05, 0) is 28.9 Å². The minimum Gasteiger partial charge on any atom is -0.460 e. The van der Waals surface area contributed by atoms with Crippen molar-refractivity contribution >= 4 is 21.7 Å². The molecule has 0 radical (unpaired) electrons. The summed E-state index contributed by atoms with van der Waals surface area (Å²) in [7, 11) is 0. The number of aromatic nitrogens is 4. The summed E-state index contributed by atoms with van der Waals surface area (Å²) < 4.78 is 6.67. The summed E-state index contributed by atoms with van der Waals surface area (Å²) in [6, 6.07) is 2.39. The van der Waals surface area contributed by atoms with Crippen molar-refractivity contribution in [2.75, 3.05) is 18.0 Å². The molecule has 0 saturated carbocycles. The van der Waals surface area contributed by atoms with Crippen LogP contribution in [0.3, 0.4) is 0 Å². The molecule has 1 saturated heterocycles. The van der Waals surface area contributed by atoms with E-state index < -0.39 is 0 Å². The van der Waals surface area contributed by atoms with Crippen LogP contribution < -0.4 is 9.64 Å². The zero-order chi connectivity index (χ0) is 14.7. The summed E-state index contributed by atoms with van der Waals surface area (Å²) in [4.78, 5) is 19.1. The molecule has 0 N–H and O–H groups in total. The average Bonchev–Trinajstić information content (AvgIpc) is 2.50. The first kappa shape index (κ1) is 14.2. The average molecular weight is 350 g/mol. The van der Waals surface area contributed by atoms with Gasteiger partial charge in [0.1, 0.15) is 17.7 Å². The largest absolute Gasteiger partial charge is 0.460 e. The molecular weight excluding hydrogens is 334 g/mol. The lowest BCUT2D eigenvalue weighted by molar-refractivity contribution is 0.156. The highest BCUT2D eigenvalue weighted by molar-refractivity contribution is 9.10. The van der Waals surface area contributed by atoms with E-state index in [1.807, 2.05) is 13.0 Å². The highest BCUT2D eigenvalue weighted by Gasteiger charge is 2.22. The second-order valence-electron chi connectivity index (χ2n) is 4.95. The third kappa shape index (κ3) is 3.66. The molecule has 0 amide bonds. The van der Waals surface area contributed by atoms with Gasteiger partial charge < -0.3 is 9.64 Å². The number of piperidine rings is 1. The van der Waals surface area contributed by atoms with Crippen molar-refractivity contribution in [1.82, 2.24) is 19.9 Å². The fourth-order valence-electron chi connectivity index (χ4n) is 2.33. The maximum Gasteiger partial charge on any atom is 0.316 e. The van der Waals surface area contributed by atoms with Crippen LogP contribution >= 0.6 is 15.9 Å². The fourth-order valence-corrected chi connectivity index (χ4v) is 2.54. The predicted molar refractivity (Wildman–Crippen MR) is 82.4 cm³/mol. The van der Waals surface area contributed by atoms with Gasteiger partial charge in [-0.25, -0.2) is 19.9 Å². The van der Waals surface area contributed by atoms with E-state index in [4.69, 9.17) is 4.74 Å². The number of anilines is 1. The van der Waals surface area contributed by atoms with Crippen LogP contribution in [-0.2, 0) is 0 Å². The van der Waals surface area contributed by atoms with Crippen molar-refractivity contribution < 1.29 is 4.74 Å². The van der Waals surface area contributed by atoms with Crippen molar-refractivity contribution in [2.45, 2.75) is 25.9 Å². The van der Waals surface area contributed by atoms with Crippen molar-refractivity contribution in [1.29, 1.82) is 0 Å². The molecular formula is C14H16BrN5O. The third-order valence-electron chi connectivity index (χ3n) is 3.40. The number of halogens is 1. The number of rotatable bonds is 3. The number of hydrogen-bond acceptors (Lipinski definition) is 6. The Labute approximate surface area is 131 Å². The first-order chi connectivity index (χ1) is 10.2. The summed E-state index contributed by atoms with van der Waals surface area (Å²) in [5.41, 5.74) is 0. The molecule has 3 rings (SSSR count). The number of hydrogen-bond donors (Lipinski definition) is 0. The van der Waals surface area contributed by atoms with Gasteiger partial charge in [0, 0.05) is 44.5 Å². The van der Waals surface area contributed by atoms with Gasteiger partial charge in [0.2, 0.25) is 0 Å². The molecule has 2 aromatic rings. The fraction of sp³-hybridized carbons (Fsp3) is 0.429. The van der Waals surface area contributed by atoms with E-state index in [1.165, 1.54) is 0 Å². The van der Waals surface area contributed by atoms with Gasteiger partial charge in [0.05, 0.1) is 4.47 Å². The van der Waals surface area contributed by atoms with Crippen LogP contribution in [0.25, 0.3) is 0 Å². The van der Waals surface area contributed by atoms with Gasteiger partial charge in [-0.1, -0.05) is 0 Å². The third-order valence-corrected chi connectivity index (χ3v) is 3.81. The Balaban J connectivity index is 1.56. The van der Waals surface area contributed by atoms with Crippen molar-refractivity contribution in [3.8, 4) is 6.01 Å². The van der Waals surface area contributed by atoms with E-state index in [0.717, 1.165) is 42.0 Å². The van der Waals surface area contributed by atoms with Crippen LogP contribution in [0, 0.1) is 6.92 Å². The van der Waals surface area contributed by atoms with Crippen LogP contribution in [0.15, 0.2) is 29.1 Å². The first-order valence-corrected chi connectivity index (χ1v) is 7.69. The van der Waals surface area contributed by atoms with Crippen LogP contribution in [0.1, 0.15) is 18.7 Å². The molecule has 0 bridgehead atoms. The Morgan fingerprint density at radius 2 is 1.90 bits per heavy atom. The Kier molecular flexibility index (Phi) is 4.28. The molecule has 2 aromatic heterocycles. The van der Waals surface area contributed by atoms with Crippen LogP contribution in [0.4, 0.5) is 5.82 Å². The highest BCUT2D eigenvalue weighted by atomic mass is 79.9. The monoisotopic (exact) mass is 349 g/mol. The van der Waals surface area contributed by atoms with Crippen LogP contribution in [0.2, 0.25) is 0 Å². The molecule has 1 aliphatic heterocycles. The van der Waals surface area contributed by atoms with Crippen molar-refractivity contribution in [3.63, 3.8) is 0 Å². The second kappa shape index (κ2) is 6.34. The summed E-state index contributed by atoms with van der Waals surface area (Å²) in [6.07, 6.45) is 7.22. The van der Waals surface area contributed by atoms with E-state index >= 15 is 0 Å². The minimum atomic E-state index is 0.158. The van der Waals surface area contributed by atoms with Gasteiger partial charge in [-0.2, -0.15) is 0 Å². The second-order valence-corrected chi connectivity index (χ2v) is 5.87. The maximum absolute atomic E-state index is 5.82. The predicted octanol–water partition coefficient (Wildman–Crippen LogP) is 2.39. The smallest absolute Gasteiger partial charge is 0.316 e. The molecule has 1 aliphatic rings. The Morgan fingerprint density at radius 1 is 1.19 bits per heavy atom. The quantitative estimate of drug-likeness (QED) is 0.847. The van der Waals surface area contributed by atoms with Crippen LogP contribution in [0.5, 0.6) is 6.01 Å². The zero-order valence-corrected chi connectivity index (χ0v) is 13.3. The molecule has 0 unspecified atom stereocenters. The lowest BCUT2D eigenvalue weighted by atomic mass is 10.1. The topological polar surface area (TPSA) is 64.0 Å². The summed E-state index contributed by atoms with van der Waals surface area (Å²) in [6.45, 7) is 3.74. The molecule has 110 valence electrons. The summed E-state index contributed by atoms with van der Waals surface area (Å²) >= 11 is 3.31. The SMILES string of the molecule is Cc1nccc(N2CCC(Oc3ncc(Br)cn3)CC2)n1. The Bertz CT molecular complexity index is 599. The standard InChI is InChI=1S/C14H16BrN5O/c1-10-16-5-2-13(19-10)20-6-3-12(4-7-20)21-14-17-8-11(15)9-18-14/h2,5,8-9,12H,3-4,6-7H2,1H3. The van der Waals surface area contributed by atoms with Crippen molar-refractivity contribution in [3.05, 3.63) is 35.0 Å². The Hall–Kier alpha value is -1.76. The summed E-state index contributed by atoms with van der Waals surface area (Å²) in [5, 5.41) is 0. The van der Waals surface area contributed by atoms with Gasteiger partial charge in [-0.3, -0.25) is 0 Å². The molecule has 0 atom stereocenters. The van der Waals surface area contributed by atoms with Gasteiger partial charge >= 0.3 is 6.01 Å². The van der Waals surface area contributed by atoms with Gasteiger partial charge in [-0.15, -0.1) is 0 Å². The minimum absolute atomic E-state index is 0.158. The maximum atomic E-state index is 5.82. The normalized spacial score (nSPS) is 16.0. The lowest BCUT2D eigenvalue weighted by Crippen LogP contribution is -2.39. The number of ether oxygens (including phenoxy) is 1. The van der Waals surface area contributed by atoms with Crippen LogP contribution in [-0.4, -0.2) is 39.1 Å². The van der Waals surface area contributed by atoms with Gasteiger partial charge in [0.25, 0.3) is 0 Å². The van der Waals surface area contributed by atoms with E-state index in [0.29, 0.717) is 6.01 Å². The van der Waals surface area contributed by atoms with E-state index in [1.54, 1.807) is 18.6 Å². The van der Waals surface area contributed by atoms with Gasteiger partial charge in [0.15, 0.2) is 0 Å². The number of nitrogens with zero attached hydrogens (tertiary/aromatic N) is 5. The molecule has 0 spiro atoms. The molecule has 0 aliphatic carbocycles. The molecule has 3 heterocycles. The number of aryl methyl sites for hydroxylation is 1. The molecule has 1 fully saturated rings. The van der Waals surface area contributed by atoms with E-state index in [-0.39, 0.29) is 6.10 Å². The summed E-state index contributed by atoms with van der Waals surface area (Å²) in [5.74, 6) is 1.79. The highest BCUT2D eigenvalue weighted by Crippen LogP contribution is 2.20. The van der Waals surface area contributed by atoms with E-state index in [9.17, 15) is 0 Å². The first-order valence-electron chi connectivity index (χ1n) is 6.89. The molecule has 0 aromatic carbocycles. The zero-order valence-electron chi connectivity index (χ0n) is 11.7. The molecule has 6 nitrogen and oxygen atoms in total. The lowest BCUT2D eigenvalue weighted by Gasteiger charge is -2.32. The molecule has 7 heteroatoms.